The van der Waals surface area contributed by atoms with E-state index in [4.69, 9.17) is 16.7 Å². The molecule has 0 aromatic heterocycles. The largest absolute Gasteiger partial charge is 0.395 e. The summed E-state index contributed by atoms with van der Waals surface area (Å²) in [5.41, 5.74) is -0.472. The minimum atomic E-state index is -3.70. The fourth-order valence-electron chi connectivity index (χ4n) is 1.06. The zero-order valence-corrected chi connectivity index (χ0v) is 9.53. The second-order valence-electron chi connectivity index (χ2n) is 2.91. The van der Waals surface area contributed by atoms with Crippen LogP contribution in [0.15, 0.2) is 23.1 Å². The van der Waals surface area contributed by atoms with Crippen molar-refractivity contribution in [2.24, 2.45) is 0 Å². The highest BCUT2D eigenvalue weighted by atomic mass is 35.5. The van der Waals surface area contributed by atoms with Gasteiger partial charge in [0.15, 0.2) is 9.84 Å². The Balaban J connectivity index is 3.28. The predicted molar refractivity (Wildman–Crippen MR) is 57.2 cm³/mol. The summed E-state index contributed by atoms with van der Waals surface area (Å²) in [6.07, 6.45) is 0. The van der Waals surface area contributed by atoms with Gasteiger partial charge in [-0.25, -0.2) is 8.42 Å². The minimum absolute atomic E-state index is 0.132. The molecule has 0 radical (unpaired) electrons. The fourth-order valence-corrected chi connectivity index (χ4v) is 2.29. The molecule has 1 rings (SSSR count). The van der Waals surface area contributed by atoms with Crippen LogP contribution in [0.4, 0.5) is 5.69 Å². The number of sulfone groups is 1. The molecule has 0 spiro atoms. The lowest BCUT2D eigenvalue weighted by atomic mass is 10.3. The van der Waals surface area contributed by atoms with Gasteiger partial charge in [-0.15, -0.1) is 0 Å². The normalized spacial score (nSPS) is 11.4. The molecule has 8 heteroatoms. The number of aliphatic hydroxyl groups is 1. The van der Waals surface area contributed by atoms with Crippen molar-refractivity contribution in [3.05, 3.63) is 33.3 Å². The second-order valence-corrected chi connectivity index (χ2v) is 5.43. The first-order chi connectivity index (χ1) is 7.38. The van der Waals surface area contributed by atoms with Gasteiger partial charge in [-0.1, -0.05) is 11.6 Å². The molecule has 0 aliphatic rings. The first kappa shape index (κ1) is 12.9. The lowest BCUT2D eigenvalue weighted by molar-refractivity contribution is -0.384. The van der Waals surface area contributed by atoms with Gasteiger partial charge in [-0.2, -0.15) is 0 Å². The van der Waals surface area contributed by atoms with Crippen molar-refractivity contribution in [2.75, 3.05) is 12.4 Å². The van der Waals surface area contributed by atoms with Gasteiger partial charge in [0.2, 0.25) is 0 Å². The highest BCUT2D eigenvalue weighted by Gasteiger charge is 2.20. The molecule has 0 unspecified atom stereocenters. The standard InChI is InChI=1S/C8H8ClNO5S/c9-7-2-1-6(5-8(7)10(12)13)16(14,15)4-3-11/h1-2,5,11H,3-4H2. The van der Waals surface area contributed by atoms with Crippen LogP contribution in [0.1, 0.15) is 0 Å². The molecule has 6 nitrogen and oxygen atoms in total. The molecule has 0 heterocycles. The van der Waals surface area contributed by atoms with Crippen LogP contribution >= 0.6 is 11.6 Å². The summed E-state index contributed by atoms with van der Waals surface area (Å²) in [6, 6.07) is 3.19. The number of hydrogen-bond acceptors (Lipinski definition) is 5. The maximum Gasteiger partial charge on any atom is 0.289 e. The number of nitro benzene ring substituents is 1. The zero-order valence-electron chi connectivity index (χ0n) is 7.96. The highest BCUT2D eigenvalue weighted by Crippen LogP contribution is 2.27. The lowest BCUT2D eigenvalue weighted by Gasteiger charge is -2.02. The van der Waals surface area contributed by atoms with Crippen molar-refractivity contribution in [3.8, 4) is 0 Å². The van der Waals surface area contributed by atoms with Crippen LogP contribution in [0.25, 0.3) is 0 Å². The van der Waals surface area contributed by atoms with Crippen LogP contribution in [-0.2, 0) is 9.84 Å². The molecule has 0 fully saturated rings. The number of nitrogens with zero attached hydrogens (tertiary/aromatic N) is 1. The number of rotatable bonds is 4. The van der Waals surface area contributed by atoms with Crippen LogP contribution < -0.4 is 0 Å². The molecule has 1 aromatic carbocycles. The number of benzene rings is 1. The van der Waals surface area contributed by atoms with E-state index in [9.17, 15) is 18.5 Å². The molecule has 16 heavy (non-hydrogen) atoms. The molecule has 0 amide bonds. The number of halogens is 1. The summed E-state index contributed by atoms with van der Waals surface area (Å²) in [5.74, 6) is -0.480. The van der Waals surface area contributed by atoms with Crippen molar-refractivity contribution in [2.45, 2.75) is 4.90 Å². The van der Waals surface area contributed by atoms with Gasteiger partial charge < -0.3 is 5.11 Å². The molecule has 1 N–H and O–H groups in total. The summed E-state index contributed by atoms with van der Waals surface area (Å²) in [7, 11) is -3.70. The van der Waals surface area contributed by atoms with Gasteiger partial charge >= 0.3 is 0 Å². The summed E-state index contributed by atoms with van der Waals surface area (Å²) in [4.78, 5) is 9.55. The van der Waals surface area contributed by atoms with Gasteiger partial charge in [-0.05, 0) is 12.1 Å². The highest BCUT2D eigenvalue weighted by molar-refractivity contribution is 7.91. The van der Waals surface area contributed by atoms with Gasteiger partial charge in [0.25, 0.3) is 5.69 Å². The Kier molecular flexibility index (Phi) is 3.84. The lowest BCUT2D eigenvalue weighted by Crippen LogP contribution is -2.10. The van der Waals surface area contributed by atoms with Gasteiger partial charge in [-0.3, -0.25) is 10.1 Å². The third-order valence-electron chi connectivity index (χ3n) is 1.83. The Bertz CT molecular complexity index is 513. The third-order valence-corrected chi connectivity index (χ3v) is 3.85. The number of aliphatic hydroxyl groups excluding tert-OH is 1. The zero-order chi connectivity index (χ0) is 12.3. The number of hydrogen-bond donors (Lipinski definition) is 1. The van der Waals surface area contributed by atoms with E-state index < -0.39 is 32.8 Å². The SMILES string of the molecule is O=[N+]([O-])c1cc(S(=O)(=O)CCO)ccc1Cl. The Morgan fingerprint density at radius 2 is 2.06 bits per heavy atom. The Labute approximate surface area is 96.5 Å². The summed E-state index contributed by atoms with van der Waals surface area (Å²) in [6.45, 7) is -0.543. The molecule has 0 atom stereocenters. The van der Waals surface area contributed by atoms with E-state index in [2.05, 4.69) is 0 Å². The first-order valence-corrected chi connectivity index (χ1v) is 6.19. The maximum atomic E-state index is 11.5. The molecule has 0 bridgehead atoms. The van der Waals surface area contributed by atoms with Crippen LogP contribution in [0, 0.1) is 10.1 Å². The predicted octanol–water partition coefficient (Wildman–Crippen LogP) is 1.01. The van der Waals surface area contributed by atoms with Crippen LogP contribution in [0.2, 0.25) is 5.02 Å². The number of nitro groups is 1. The van der Waals surface area contributed by atoms with Gasteiger partial charge in [0.1, 0.15) is 5.02 Å². The molecule has 0 saturated carbocycles. The first-order valence-electron chi connectivity index (χ1n) is 4.16. The van der Waals surface area contributed by atoms with Crippen LogP contribution in [0.3, 0.4) is 0 Å². The van der Waals surface area contributed by atoms with Crippen LogP contribution in [0.5, 0.6) is 0 Å². The van der Waals surface area contributed by atoms with Crippen molar-refractivity contribution in [1.82, 2.24) is 0 Å². The van der Waals surface area contributed by atoms with Crippen LogP contribution in [-0.4, -0.2) is 30.8 Å². The molecular weight excluding hydrogens is 258 g/mol. The van der Waals surface area contributed by atoms with Crippen molar-refractivity contribution in [3.63, 3.8) is 0 Å². The Morgan fingerprint density at radius 3 is 2.56 bits per heavy atom. The van der Waals surface area contributed by atoms with E-state index in [1.165, 1.54) is 6.07 Å². The maximum absolute atomic E-state index is 11.5. The van der Waals surface area contributed by atoms with Gasteiger partial charge in [0.05, 0.1) is 22.2 Å². The smallest absolute Gasteiger partial charge is 0.289 e. The van der Waals surface area contributed by atoms with E-state index in [1.807, 2.05) is 0 Å². The fraction of sp³-hybridized carbons (Fsp3) is 0.250. The second kappa shape index (κ2) is 4.77. The molecule has 88 valence electrons. The average molecular weight is 266 g/mol. The van der Waals surface area contributed by atoms with E-state index in [-0.39, 0.29) is 9.92 Å². The minimum Gasteiger partial charge on any atom is -0.395 e. The van der Waals surface area contributed by atoms with E-state index >= 15 is 0 Å². The molecule has 0 saturated heterocycles. The van der Waals surface area contributed by atoms with E-state index in [0.29, 0.717) is 0 Å². The Morgan fingerprint density at radius 1 is 1.44 bits per heavy atom. The van der Waals surface area contributed by atoms with Gasteiger partial charge in [0, 0.05) is 6.07 Å². The molecule has 0 aliphatic carbocycles. The summed E-state index contributed by atoms with van der Waals surface area (Å²) in [5, 5.41) is 19.0. The topological polar surface area (TPSA) is 97.5 Å². The third kappa shape index (κ3) is 2.69. The monoisotopic (exact) mass is 265 g/mol. The van der Waals surface area contributed by atoms with E-state index in [0.717, 1.165) is 12.1 Å². The van der Waals surface area contributed by atoms with Crippen molar-refractivity contribution in [1.29, 1.82) is 0 Å². The molecular formula is C8H8ClNO5S. The molecule has 1 aromatic rings. The summed E-state index contributed by atoms with van der Waals surface area (Å²) >= 11 is 5.53. The Hall–Kier alpha value is -1.18. The summed E-state index contributed by atoms with van der Waals surface area (Å²) < 4.78 is 23.0. The van der Waals surface area contributed by atoms with Crippen molar-refractivity contribution < 1.29 is 18.4 Å². The quantitative estimate of drug-likeness (QED) is 0.647. The molecule has 0 aliphatic heterocycles. The average Bonchev–Trinajstić information content (AvgIpc) is 2.17. The van der Waals surface area contributed by atoms with E-state index in [1.54, 1.807) is 0 Å². The van der Waals surface area contributed by atoms with Crippen molar-refractivity contribution >= 4 is 27.1 Å².